The number of phenols is 1. The summed E-state index contributed by atoms with van der Waals surface area (Å²) in [6, 6.07) is 8.21. The number of aliphatic hydroxyl groups excluding tert-OH is 2. The van der Waals surface area contributed by atoms with Gasteiger partial charge in [-0.1, -0.05) is 25.1 Å². The van der Waals surface area contributed by atoms with Crippen LogP contribution >= 0.6 is 0 Å². The number of hydrogen-bond donors (Lipinski definition) is 5. The van der Waals surface area contributed by atoms with E-state index in [-0.39, 0.29) is 23.3 Å². The van der Waals surface area contributed by atoms with E-state index < -0.39 is 64.0 Å². The third-order valence-electron chi connectivity index (χ3n) is 10.3. The van der Waals surface area contributed by atoms with E-state index in [0.717, 1.165) is 38.0 Å². The molecule has 2 aromatic rings. The predicted octanol–water partition coefficient (Wildman–Crippen LogP) is 2.80. The quantitative estimate of drug-likeness (QED) is 0.303. The second-order valence-electron chi connectivity index (χ2n) is 12.9. The summed E-state index contributed by atoms with van der Waals surface area (Å²) in [5.41, 5.74) is 4.39. The van der Waals surface area contributed by atoms with Crippen molar-refractivity contribution < 1.29 is 39.5 Å². The highest BCUT2D eigenvalue weighted by Crippen LogP contribution is 2.57. The van der Waals surface area contributed by atoms with Crippen molar-refractivity contribution in [3.8, 4) is 22.6 Å². The molecule has 11 heteroatoms. The van der Waals surface area contributed by atoms with Crippen LogP contribution in [0.5, 0.6) is 11.5 Å². The second-order valence-corrected chi connectivity index (χ2v) is 12.9. The number of nitrogens with zero attached hydrogens (tertiary/aromatic N) is 2. The van der Waals surface area contributed by atoms with Crippen molar-refractivity contribution >= 4 is 23.2 Å². The fourth-order valence-electron chi connectivity index (χ4n) is 8.02. The first-order chi connectivity index (χ1) is 21.3. The van der Waals surface area contributed by atoms with Crippen molar-refractivity contribution in [2.75, 3.05) is 34.3 Å². The average molecular weight is 618 g/mol. The van der Waals surface area contributed by atoms with Crippen molar-refractivity contribution in [2.24, 2.45) is 17.6 Å². The number of Topliss-reactive ketones (excluding diaryl/α,β-unsaturated/α-hetero) is 2. The largest absolute Gasteiger partial charge is 0.508 e. The van der Waals surface area contributed by atoms with E-state index in [0.29, 0.717) is 22.4 Å². The highest BCUT2D eigenvalue weighted by atomic mass is 16.5. The van der Waals surface area contributed by atoms with Gasteiger partial charge in [0.15, 0.2) is 11.4 Å². The van der Waals surface area contributed by atoms with Gasteiger partial charge >= 0.3 is 0 Å². The monoisotopic (exact) mass is 617 g/mol. The molecule has 0 spiro atoms. The molecule has 1 saturated carbocycles. The Morgan fingerprint density at radius 1 is 1.09 bits per heavy atom. The van der Waals surface area contributed by atoms with E-state index >= 15 is 0 Å². The summed E-state index contributed by atoms with van der Waals surface area (Å²) in [5, 5.41) is 46.5. The molecule has 1 heterocycles. The van der Waals surface area contributed by atoms with E-state index in [4.69, 9.17) is 10.5 Å². The lowest BCUT2D eigenvalue weighted by molar-refractivity contribution is -0.154. The molecule has 2 aromatic carbocycles. The van der Waals surface area contributed by atoms with Crippen LogP contribution in [-0.4, -0.2) is 93.6 Å². The first-order valence-electron chi connectivity index (χ1n) is 15.2. The summed E-state index contributed by atoms with van der Waals surface area (Å²) in [4.78, 5) is 43.7. The number of hydrogen-bond acceptors (Lipinski definition) is 10. The number of rotatable bonds is 6. The Hall–Kier alpha value is -4.19. The van der Waals surface area contributed by atoms with Crippen LogP contribution in [0.3, 0.4) is 0 Å². The third-order valence-corrected chi connectivity index (χ3v) is 10.3. The number of nitrogens with two attached hydrogens (primary N) is 1. The lowest BCUT2D eigenvalue weighted by Crippen LogP contribution is -2.65. The Balaban J connectivity index is 1.50. The fourth-order valence-corrected chi connectivity index (χ4v) is 8.02. The summed E-state index contributed by atoms with van der Waals surface area (Å²) in [7, 11) is 4.68. The van der Waals surface area contributed by atoms with Crippen molar-refractivity contribution in [3.05, 3.63) is 63.9 Å². The standard InChI is InChI=1S/C34H39N3O8/c1-16-18-8-9-19(21-13-17(7-10-23(21)45-4)15-37-11-5-6-12-37)28(38)24(18)29(39)25-20(16)14-22-27(36(2)3)30(40)26(33(35)43)32(42)34(22,44)31(25)41/h7-10,13,16,20,22,27,38-39,42,44H,5-6,11-12,14-15H2,1-4H3,(H2,35,43)/t16-,20+,22-,27-,34-/m0/s1. The number of likely N-dealkylation sites (tertiary alicyclic amines) is 1. The molecule has 0 aromatic heterocycles. The Labute approximate surface area is 261 Å². The molecule has 2 fully saturated rings. The number of aliphatic hydroxyl groups is 3. The van der Waals surface area contributed by atoms with Gasteiger partial charge < -0.3 is 30.9 Å². The van der Waals surface area contributed by atoms with Crippen LogP contribution < -0.4 is 10.5 Å². The molecule has 1 saturated heterocycles. The first kappa shape index (κ1) is 30.8. The third kappa shape index (κ3) is 4.47. The van der Waals surface area contributed by atoms with Gasteiger partial charge in [0.05, 0.1) is 18.7 Å². The number of carbonyl (C=O) groups excluding carboxylic acids is 3. The van der Waals surface area contributed by atoms with Gasteiger partial charge in [0, 0.05) is 29.2 Å². The van der Waals surface area contributed by atoms with Gasteiger partial charge in [-0.25, -0.2) is 0 Å². The number of fused-ring (bicyclic) bond motifs is 3. The molecule has 1 aliphatic heterocycles. The van der Waals surface area contributed by atoms with E-state index in [2.05, 4.69) is 4.90 Å². The molecular formula is C34H39N3O8. The number of amides is 1. The van der Waals surface area contributed by atoms with E-state index in [1.54, 1.807) is 26.2 Å². The number of benzene rings is 2. The molecule has 0 unspecified atom stereocenters. The van der Waals surface area contributed by atoms with Gasteiger partial charge in [0.1, 0.15) is 28.6 Å². The zero-order valence-electron chi connectivity index (χ0n) is 25.8. The number of carbonyl (C=O) groups is 3. The molecule has 5 atom stereocenters. The van der Waals surface area contributed by atoms with Gasteiger partial charge in [-0.2, -0.15) is 0 Å². The minimum atomic E-state index is -2.69. The summed E-state index contributed by atoms with van der Waals surface area (Å²) >= 11 is 0. The van der Waals surface area contributed by atoms with Crippen LogP contribution in [0, 0.1) is 11.8 Å². The van der Waals surface area contributed by atoms with E-state index in [9.17, 15) is 34.8 Å². The topological polar surface area (TPSA) is 174 Å². The second kappa shape index (κ2) is 11.0. The smallest absolute Gasteiger partial charge is 0.255 e. The fraction of sp³-hybridized carbons (Fsp3) is 0.441. The molecule has 238 valence electrons. The number of primary amides is 1. The Morgan fingerprint density at radius 3 is 2.40 bits per heavy atom. The molecule has 3 aliphatic carbocycles. The highest BCUT2D eigenvalue weighted by Gasteiger charge is 2.64. The number of likely N-dealkylation sites (N-methyl/N-ethyl adjacent to an activating group) is 1. The van der Waals surface area contributed by atoms with Crippen LogP contribution in [0.4, 0.5) is 0 Å². The number of methoxy groups -OCH3 is 1. The van der Waals surface area contributed by atoms with Gasteiger partial charge in [-0.15, -0.1) is 0 Å². The molecule has 11 nitrogen and oxygen atoms in total. The van der Waals surface area contributed by atoms with Crippen LogP contribution in [0.15, 0.2) is 47.2 Å². The molecule has 0 radical (unpaired) electrons. The van der Waals surface area contributed by atoms with Crippen molar-refractivity contribution in [1.82, 2.24) is 9.80 Å². The minimum Gasteiger partial charge on any atom is -0.508 e. The predicted molar refractivity (Wildman–Crippen MR) is 165 cm³/mol. The number of ether oxygens (including phenoxy) is 1. The van der Waals surface area contributed by atoms with Crippen LogP contribution in [0.2, 0.25) is 0 Å². The van der Waals surface area contributed by atoms with Gasteiger partial charge in [0.2, 0.25) is 5.78 Å². The van der Waals surface area contributed by atoms with E-state index in [1.165, 1.54) is 12.0 Å². The molecule has 1 amide bonds. The molecule has 45 heavy (non-hydrogen) atoms. The summed E-state index contributed by atoms with van der Waals surface area (Å²) < 4.78 is 5.64. The Kier molecular flexibility index (Phi) is 7.54. The summed E-state index contributed by atoms with van der Waals surface area (Å²) in [6.45, 7) is 4.63. The van der Waals surface area contributed by atoms with E-state index in [1.807, 2.05) is 25.1 Å². The maximum absolute atomic E-state index is 14.3. The lowest BCUT2D eigenvalue weighted by atomic mass is 9.55. The summed E-state index contributed by atoms with van der Waals surface area (Å²) in [6.07, 6.45) is 2.33. The average Bonchev–Trinajstić information content (AvgIpc) is 3.50. The SMILES string of the molecule is COc1ccc(CN2CCCC2)cc1-c1ccc2c(c1O)C(O)=C1C(=O)[C@]3(O)C(O)=C(C(N)=O)C(=O)[C@@H](N(C)C)[C@@H]3C[C@@H]1[C@H]2C. The maximum atomic E-state index is 14.3. The molecule has 0 bridgehead atoms. The Bertz CT molecular complexity index is 1690. The molecular weight excluding hydrogens is 578 g/mol. The van der Waals surface area contributed by atoms with Crippen molar-refractivity contribution in [3.63, 3.8) is 0 Å². The molecule has 6 rings (SSSR count). The highest BCUT2D eigenvalue weighted by molar-refractivity contribution is 6.24. The lowest BCUT2D eigenvalue weighted by Gasteiger charge is -2.51. The number of ketones is 2. The van der Waals surface area contributed by atoms with Gasteiger partial charge in [-0.05, 0) is 81.5 Å². The zero-order valence-corrected chi connectivity index (χ0v) is 25.8. The molecule has 6 N–H and O–H groups in total. The van der Waals surface area contributed by atoms with Crippen LogP contribution in [-0.2, 0) is 20.9 Å². The van der Waals surface area contributed by atoms with Crippen molar-refractivity contribution in [1.29, 1.82) is 0 Å². The summed E-state index contributed by atoms with van der Waals surface area (Å²) in [5.74, 6) is -6.67. The van der Waals surface area contributed by atoms with Crippen LogP contribution in [0.1, 0.15) is 48.8 Å². The first-order valence-corrected chi connectivity index (χ1v) is 15.2. The normalized spacial score (nSPS) is 28.3. The number of aromatic hydroxyl groups is 1. The van der Waals surface area contributed by atoms with Crippen LogP contribution in [0.25, 0.3) is 16.9 Å². The van der Waals surface area contributed by atoms with Gasteiger partial charge in [0.25, 0.3) is 5.91 Å². The Morgan fingerprint density at radius 2 is 1.78 bits per heavy atom. The zero-order chi connectivity index (χ0) is 32.5. The van der Waals surface area contributed by atoms with Gasteiger partial charge in [-0.3, -0.25) is 24.2 Å². The number of phenolic OH excluding ortho intramolecular Hbond substituents is 1. The molecule has 4 aliphatic rings. The van der Waals surface area contributed by atoms with Crippen molar-refractivity contribution in [2.45, 2.75) is 50.3 Å². The minimum absolute atomic E-state index is 0.0296. The maximum Gasteiger partial charge on any atom is 0.255 e.